The molecule has 0 fully saturated rings. The number of halogens is 2. The Kier molecular flexibility index (Phi) is 4.93. The minimum Gasteiger partial charge on any atom is -0.387 e. The van der Waals surface area contributed by atoms with Crippen LogP contribution in [0.4, 0.5) is 0 Å². The van der Waals surface area contributed by atoms with Crippen molar-refractivity contribution in [2.24, 2.45) is 0 Å². The second-order valence-corrected chi connectivity index (χ2v) is 3.86. The fourth-order valence-corrected chi connectivity index (χ4v) is 1.59. The van der Waals surface area contributed by atoms with Gasteiger partial charge in [-0.05, 0) is 18.2 Å². The fourth-order valence-electron chi connectivity index (χ4n) is 1.16. The SMILES string of the molecule is C#CCNCC(O)c1cc(Cl)ccc1Cl. The van der Waals surface area contributed by atoms with E-state index in [2.05, 4.69) is 11.2 Å². The average molecular weight is 244 g/mol. The third-order valence-electron chi connectivity index (χ3n) is 1.88. The monoisotopic (exact) mass is 243 g/mol. The van der Waals surface area contributed by atoms with Crippen LogP contribution in [0.1, 0.15) is 11.7 Å². The van der Waals surface area contributed by atoms with Gasteiger partial charge in [0.15, 0.2) is 0 Å². The fraction of sp³-hybridized carbons (Fsp3) is 0.273. The van der Waals surface area contributed by atoms with Crippen LogP contribution in [0.5, 0.6) is 0 Å². The van der Waals surface area contributed by atoms with E-state index in [9.17, 15) is 5.11 Å². The van der Waals surface area contributed by atoms with Crippen LogP contribution in [0.2, 0.25) is 10.0 Å². The Balaban J connectivity index is 2.69. The molecule has 0 saturated carbocycles. The van der Waals surface area contributed by atoms with Crippen molar-refractivity contribution < 1.29 is 5.11 Å². The highest BCUT2D eigenvalue weighted by Gasteiger charge is 2.11. The molecule has 0 bridgehead atoms. The van der Waals surface area contributed by atoms with E-state index in [1.165, 1.54) is 0 Å². The first-order valence-corrected chi connectivity index (χ1v) is 5.18. The molecule has 4 heteroatoms. The van der Waals surface area contributed by atoms with Gasteiger partial charge in [0.1, 0.15) is 0 Å². The van der Waals surface area contributed by atoms with Crippen LogP contribution in [0.3, 0.4) is 0 Å². The minimum absolute atomic E-state index is 0.351. The van der Waals surface area contributed by atoms with E-state index in [1.54, 1.807) is 18.2 Å². The lowest BCUT2D eigenvalue weighted by molar-refractivity contribution is 0.176. The summed E-state index contributed by atoms with van der Waals surface area (Å²) in [5, 5.41) is 13.7. The number of aliphatic hydroxyl groups is 1. The molecule has 0 heterocycles. The van der Waals surface area contributed by atoms with Crippen molar-refractivity contribution in [2.75, 3.05) is 13.1 Å². The van der Waals surface area contributed by atoms with Crippen molar-refractivity contribution in [1.29, 1.82) is 0 Å². The summed E-state index contributed by atoms with van der Waals surface area (Å²) >= 11 is 11.7. The molecule has 0 saturated heterocycles. The molecule has 2 nitrogen and oxygen atoms in total. The normalized spacial score (nSPS) is 12.1. The summed E-state index contributed by atoms with van der Waals surface area (Å²) in [7, 11) is 0. The smallest absolute Gasteiger partial charge is 0.0929 e. The number of nitrogens with one attached hydrogen (secondary N) is 1. The van der Waals surface area contributed by atoms with Crippen LogP contribution in [0.15, 0.2) is 18.2 Å². The highest BCUT2D eigenvalue weighted by molar-refractivity contribution is 6.33. The molecule has 0 aromatic heterocycles. The zero-order chi connectivity index (χ0) is 11.3. The Bertz CT molecular complexity index is 373. The molecular weight excluding hydrogens is 233 g/mol. The van der Waals surface area contributed by atoms with Crippen LogP contribution in [0.25, 0.3) is 0 Å². The topological polar surface area (TPSA) is 32.3 Å². The summed E-state index contributed by atoms with van der Waals surface area (Å²) in [4.78, 5) is 0. The zero-order valence-electron chi connectivity index (χ0n) is 8.00. The lowest BCUT2D eigenvalue weighted by atomic mass is 10.1. The standard InChI is InChI=1S/C11H11Cl2NO/c1-2-5-14-7-11(15)9-6-8(12)3-4-10(9)13/h1,3-4,6,11,14-15H,5,7H2. The molecule has 1 atom stereocenters. The Morgan fingerprint density at radius 2 is 2.20 bits per heavy atom. The van der Waals surface area contributed by atoms with Gasteiger partial charge < -0.3 is 10.4 Å². The van der Waals surface area contributed by atoms with E-state index in [0.717, 1.165) is 0 Å². The van der Waals surface area contributed by atoms with Crippen LogP contribution in [-0.2, 0) is 0 Å². The Hall–Kier alpha value is -0.720. The van der Waals surface area contributed by atoms with Gasteiger partial charge in [-0.3, -0.25) is 0 Å². The van der Waals surface area contributed by atoms with Gasteiger partial charge in [-0.25, -0.2) is 0 Å². The third-order valence-corrected chi connectivity index (χ3v) is 2.46. The van der Waals surface area contributed by atoms with Gasteiger partial charge >= 0.3 is 0 Å². The number of rotatable bonds is 4. The summed E-state index contributed by atoms with van der Waals surface area (Å²) < 4.78 is 0. The molecule has 1 aromatic carbocycles. The Labute approximate surface area is 99.2 Å². The van der Waals surface area contributed by atoms with Crippen molar-refractivity contribution in [3.8, 4) is 12.3 Å². The quantitative estimate of drug-likeness (QED) is 0.629. The molecule has 0 amide bonds. The number of aliphatic hydroxyl groups excluding tert-OH is 1. The van der Waals surface area contributed by atoms with E-state index in [-0.39, 0.29) is 0 Å². The maximum Gasteiger partial charge on any atom is 0.0929 e. The van der Waals surface area contributed by atoms with Gasteiger partial charge in [-0.2, -0.15) is 0 Å². The lowest BCUT2D eigenvalue weighted by Crippen LogP contribution is -2.21. The van der Waals surface area contributed by atoms with E-state index in [4.69, 9.17) is 29.6 Å². The van der Waals surface area contributed by atoms with E-state index < -0.39 is 6.10 Å². The summed E-state index contributed by atoms with van der Waals surface area (Å²) in [6, 6.07) is 4.98. The molecule has 1 unspecified atom stereocenters. The second kappa shape index (κ2) is 5.99. The minimum atomic E-state index is -0.704. The highest BCUT2D eigenvalue weighted by atomic mass is 35.5. The summed E-state index contributed by atoms with van der Waals surface area (Å²) in [6.45, 7) is 0.763. The summed E-state index contributed by atoms with van der Waals surface area (Å²) in [6.07, 6.45) is 4.36. The largest absolute Gasteiger partial charge is 0.387 e. The van der Waals surface area contributed by atoms with Crippen molar-refractivity contribution in [3.63, 3.8) is 0 Å². The maximum atomic E-state index is 9.78. The van der Waals surface area contributed by atoms with Crippen molar-refractivity contribution in [1.82, 2.24) is 5.32 Å². The molecule has 0 aliphatic rings. The molecule has 0 spiro atoms. The van der Waals surface area contributed by atoms with Gasteiger partial charge in [0.05, 0.1) is 12.6 Å². The van der Waals surface area contributed by atoms with Crippen LogP contribution >= 0.6 is 23.2 Å². The number of terminal acetylenes is 1. The predicted molar refractivity (Wildman–Crippen MR) is 63.1 cm³/mol. The predicted octanol–water partition coefficient (Wildman–Crippen LogP) is 2.25. The molecule has 0 radical (unpaired) electrons. The van der Waals surface area contributed by atoms with Crippen LogP contribution in [0, 0.1) is 12.3 Å². The number of hydrogen-bond acceptors (Lipinski definition) is 2. The van der Waals surface area contributed by atoms with Gasteiger partial charge in [-0.1, -0.05) is 29.1 Å². The van der Waals surface area contributed by atoms with Gasteiger partial charge in [0.25, 0.3) is 0 Å². The first kappa shape index (κ1) is 12.4. The summed E-state index contributed by atoms with van der Waals surface area (Å²) in [5.41, 5.74) is 0.605. The Morgan fingerprint density at radius 1 is 1.47 bits per heavy atom. The average Bonchev–Trinajstić information content (AvgIpc) is 2.22. The number of benzene rings is 1. The lowest BCUT2D eigenvalue weighted by Gasteiger charge is -2.12. The second-order valence-electron chi connectivity index (χ2n) is 3.02. The van der Waals surface area contributed by atoms with E-state index in [1.807, 2.05) is 0 Å². The van der Waals surface area contributed by atoms with Crippen molar-refractivity contribution >= 4 is 23.2 Å². The van der Waals surface area contributed by atoms with E-state index in [0.29, 0.717) is 28.7 Å². The van der Waals surface area contributed by atoms with Gasteiger partial charge in [-0.15, -0.1) is 6.42 Å². The maximum absolute atomic E-state index is 9.78. The Morgan fingerprint density at radius 3 is 2.87 bits per heavy atom. The van der Waals surface area contributed by atoms with E-state index >= 15 is 0 Å². The molecule has 1 rings (SSSR count). The zero-order valence-corrected chi connectivity index (χ0v) is 9.52. The number of hydrogen-bond donors (Lipinski definition) is 2. The summed E-state index contributed by atoms with van der Waals surface area (Å²) in [5.74, 6) is 2.42. The molecule has 0 aliphatic heterocycles. The molecule has 2 N–H and O–H groups in total. The van der Waals surface area contributed by atoms with Gasteiger partial charge in [0, 0.05) is 22.2 Å². The van der Waals surface area contributed by atoms with Crippen molar-refractivity contribution in [2.45, 2.75) is 6.10 Å². The molecule has 80 valence electrons. The first-order chi connectivity index (χ1) is 7.15. The molecular formula is C11H11Cl2NO. The highest BCUT2D eigenvalue weighted by Crippen LogP contribution is 2.25. The van der Waals surface area contributed by atoms with Crippen molar-refractivity contribution in [3.05, 3.63) is 33.8 Å². The third kappa shape index (κ3) is 3.73. The van der Waals surface area contributed by atoms with Gasteiger partial charge in [0.2, 0.25) is 0 Å². The van der Waals surface area contributed by atoms with Crippen LogP contribution < -0.4 is 5.32 Å². The molecule has 1 aromatic rings. The van der Waals surface area contributed by atoms with Crippen LogP contribution in [-0.4, -0.2) is 18.2 Å². The molecule has 15 heavy (non-hydrogen) atoms. The molecule has 0 aliphatic carbocycles. The first-order valence-electron chi connectivity index (χ1n) is 4.42.